The lowest BCUT2D eigenvalue weighted by molar-refractivity contribution is 0.102. The van der Waals surface area contributed by atoms with E-state index in [0.717, 1.165) is 6.07 Å². The first kappa shape index (κ1) is 21.3. The second kappa shape index (κ2) is 8.97. The molecule has 156 valence electrons. The zero-order valence-corrected chi connectivity index (χ0v) is 17.3. The van der Waals surface area contributed by atoms with E-state index in [1.807, 2.05) is 0 Å². The van der Waals surface area contributed by atoms with Gasteiger partial charge < -0.3 is 15.4 Å². The van der Waals surface area contributed by atoms with Gasteiger partial charge in [-0.15, -0.1) is 11.3 Å². The molecule has 1 aliphatic heterocycles. The molecule has 2 aromatic rings. The smallest absolute Gasteiger partial charge is 0.275 e. The van der Waals surface area contributed by atoms with Gasteiger partial charge >= 0.3 is 0 Å². The normalized spacial score (nSPS) is 18.4. The first-order chi connectivity index (χ1) is 13.8. The molecule has 29 heavy (non-hydrogen) atoms. The van der Waals surface area contributed by atoms with Crippen molar-refractivity contribution in [1.82, 2.24) is 10.3 Å². The van der Waals surface area contributed by atoms with Crippen molar-refractivity contribution in [3.63, 3.8) is 0 Å². The molecule has 11 heteroatoms. The Bertz CT molecular complexity index is 966. The Morgan fingerprint density at radius 3 is 2.90 bits per heavy atom. The molecule has 0 saturated carbocycles. The number of aromatic nitrogens is 1. The summed E-state index contributed by atoms with van der Waals surface area (Å²) < 4.78 is 43.0. The first-order valence-corrected chi connectivity index (χ1v) is 11.1. The van der Waals surface area contributed by atoms with Gasteiger partial charge in [-0.2, -0.15) is 0 Å². The monoisotopic (exact) mass is 440 g/mol. The molecule has 3 N–H and O–H groups in total. The van der Waals surface area contributed by atoms with E-state index in [1.54, 1.807) is 5.38 Å². The minimum atomic E-state index is -2.88. The van der Waals surface area contributed by atoms with Crippen molar-refractivity contribution in [1.29, 1.82) is 5.41 Å². The van der Waals surface area contributed by atoms with E-state index < -0.39 is 33.7 Å². The Labute approximate surface area is 173 Å². The molecule has 1 amide bonds. The third-order valence-electron chi connectivity index (χ3n) is 4.68. The average Bonchev–Trinajstić information content (AvgIpc) is 3.36. The van der Waals surface area contributed by atoms with Gasteiger partial charge in [-0.25, -0.2) is 17.8 Å². The minimum absolute atomic E-state index is 0.0384. The molecule has 1 saturated heterocycles. The number of thiol groups is 1. The molecule has 1 aliphatic rings. The third-order valence-corrected chi connectivity index (χ3v) is 6.15. The minimum Gasteiger partial charge on any atom is -0.381 e. The van der Waals surface area contributed by atoms with Gasteiger partial charge in [0.05, 0.1) is 29.2 Å². The van der Waals surface area contributed by atoms with E-state index in [1.165, 1.54) is 35.9 Å². The second-order valence-electron chi connectivity index (χ2n) is 6.94. The molecule has 1 fully saturated rings. The Balaban J connectivity index is 1.89. The molecule has 8 nitrogen and oxygen atoms in total. The van der Waals surface area contributed by atoms with Crippen LogP contribution in [-0.4, -0.2) is 44.1 Å². The third kappa shape index (κ3) is 5.17. The lowest BCUT2D eigenvalue weighted by Crippen LogP contribution is -2.49. The van der Waals surface area contributed by atoms with Crippen LogP contribution in [0.5, 0.6) is 0 Å². The summed E-state index contributed by atoms with van der Waals surface area (Å²) in [6, 6.07) is 3.92. The van der Waals surface area contributed by atoms with Crippen LogP contribution in [0, 0.1) is 17.1 Å². The molecular formula is C18H21FN4O4S2. The number of rotatable bonds is 7. The van der Waals surface area contributed by atoms with Crippen LogP contribution in [0.1, 0.15) is 29.4 Å². The molecule has 0 aliphatic carbocycles. The standard InChI is InChI=1S/C18H21FN4O4S2/c1-18(9-29(25)26,23-16(20)11-4-5-27-7-11)13-6-12(2-3-14(13)19)22-17(24)15-8-28-10-21-15/h2-3,6,8,10-11,29H,4-5,7,9H2,1H3,(H2,20,23)(H,22,24)/t11-,18+/m1/s1. The fourth-order valence-electron chi connectivity index (χ4n) is 3.16. The lowest BCUT2D eigenvalue weighted by Gasteiger charge is -2.32. The predicted octanol–water partition coefficient (Wildman–Crippen LogP) is 1.96. The van der Waals surface area contributed by atoms with Gasteiger partial charge in [-0.05, 0) is 31.5 Å². The van der Waals surface area contributed by atoms with Gasteiger partial charge in [0, 0.05) is 29.2 Å². The van der Waals surface area contributed by atoms with Crippen LogP contribution < -0.4 is 10.6 Å². The topological polar surface area (TPSA) is 121 Å². The fourth-order valence-corrected chi connectivity index (χ4v) is 4.46. The molecule has 3 rings (SSSR count). The Kier molecular flexibility index (Phi) is 6.60. The number of carbonyl (C=O) groups is 1. The number of nitrogens with one attached hydrogen (secondary N) is 3. The Morgan fingerprint density at radius 2 is 2.28 bits per heavy atom. The summed E-state index contributed by atoms with van der Waals surface area (Å²) in [5, 5.41) is 15.4. The van der Waals surface area contributed by atoms with Crippen LogP contribution in [0.3, 0.4) is 0 Å². The number of ether oxygens (including phenoxy) is 1. The molecule has 2 heterocycles. The van der Waals surface area contributed by atoms with Crippen molar-refractivity contribution >= 4 is 39.5 Å². The SMILES string of the molecule is C[C@@](C[SH](=O)=O)(NC(=N)[C@@H]1CCOC1)c1cc(NC(=O)c2cscn2)ccc1F. The van der Waals surface area contributed by atoms with E-state index >= 15 is 0 Å². The van der Waals surface area contributed by atoms with Gasteiger partial charge in [0.15, 0.2) is 0 Å². The molecule has 1 aromatic heterocycles. The largest absolute Gasteiger partial charge is 0.381 e. The van der Waals surface area contributed by atoms with E-state index in [2.05, 4.69) is 15.6 Å². The number of amides is 1. The van der Waals surface area contributed by atoms with Gasteiger partial charge in [-0.1, -0.05) is 0 Å². The zero-order valence-electron chi connectivity index (χ0n) is 15.6. The van der Waals surface area contributed by atoms with Crippen LogP contribution in [0.15, 0.2) is 29.1 Å². The highest BCUT2D eigenvalue weighted by molar-refractivity contribution is 7.72. The van der Waals surface area contributed by atoms with E-state index in [0.29, 0.717) is 25.3 Å². The van der Waals surface area contributed by atoms with Gasteiger partial charge in [0.25, 0.3) is 5.91 Å². The summed E-state index contributed by atoms with van der Waals surface area (Å²) in [5.41, 5.74) is 0.697. The van der Waals surface area contributed by atoms with Crippen LogP contribution in [0.2, 0.25) is 0 Å². The molecule has 2 atom stereocenters. The number of thiazole rings is 1. The highest BCUT2D eigenvalue weighted by atomic mass is 32.2. The number of amidine groups is 1. The van der Waals surface area contributed by atoms with Gasteiger partial charge in [0.1, 0.15) is 22.2 Å². The number of anilines is 1. The average molecular weight is 441 g/mol. The summed E-state index contributed by atoms with van der Waals surface area (Å²) in [4.78, 5) is 16.2. The number of nitrogens with zero attached hydrogens (tertiary/aromatic N) is 1. The summed E-state index contributed by atoms with van der Waals surface area (Å²) in [7, 11) is -2.88. The fraction of sp³-hybridized carbons (Fsp3) is 0.389. The molecule has 0 spiro atoms. The molecular weight excluding hydrogens is 419 g/mol. The zero-order chi connectivity index (χ0) is 21.0. The number of hydrogen-bond acceptors (Lipinski definition) is 7. The molecule has 0 radical (unpaired) electrons. The first-order valence-electron chi connectivity index (χ1n) is 8.84. The van der Waals surface area contributed by atoms with Gasteiger partial charge in [-0.3, -0.25) is 10.2 Å². The predicted molar refractivity (Wildman–Crippen MR) is 109 cm³/mol. The maximum Gasteiger partial charge on any atom is 0.275 e. The summed E-state index contributed by atoms with van der Waals surface area (Å²) >= 11 is 1.27. The molecule has 1 aromatic carbocycles. The van der Waals surface area contributed by atoms with E-state index in [9.17, 15) is 17.6 Å². The highest BCUT2D eigenvalue weighted by Gasteiger charge is 2.34. The van der Waals surface area contributed by atoms with Crippen molar-refractivity contribution in [2.45, 2.75) is 18.9 Å². The van der Waals surface area contributed by atoms with Crippen molar-refractivity contribution in [2.75, 3.05) is 24.3 Å². The highest BCUT2D eigenvalue weighted by Crippen LogP contribution is 2.28. The van der Waals surface area contributed by atoms with Crippen molar-refractivity contribution < 1.29 is 22.3 Å². The van der Waals surface area contributed by atoms with E-state index in [4.69, 9.17) is 10.1 Å². The number of benzene rings is 1. The van der Waals surface area contributed by atoms with Crippen LogP contribution >= 0.6 is 11.3 Å². The Hall–Kier alpha value is -2.37. The lowest BCUT2D eigenvalue weighted by atomic mass is 9.91. The maximum atomic E-state index is 14.7. The van der Waals surface area contributed by atoms with Crippen molar-refractivity contribution in [3.8, 4) is 0 Å². The summed E-state index contributed by atoms with van der Waals surface area (Å²) in [5.74, 6) is -1.62. The number of halogens is 1. The van der Waals surface area contributed by atoms with Crippen LogP contribution in [0.4, 0.5) is 10.1 Å². The molecule has 0 bridgehead atoms. The molecule has 0 unspecified atom stereocenters. The van der Waals surface area contributed by atoms with Crippen LogP contribution in [-0.2, 0) is 21.0 Å². The van der Waals surface area contributed by atoms with Crippen molar-refractivity contribution in [2.24, 2.45) is 5.92 Å². The summed E-state index contributed by atoms with van der Waals surface area (Å²) in [6.45, 7) is 2.40. The quantitative estimate of drug-likeness (QED) is 0.297. The Morgan fingerprint density at radius 1 is 1.48 bits per heavy atom. The van der Waals surface area contributed by atoms with Crippen molar-refractivity contribution in [3.05, 3.63) is 46.2 Å². The van der Waals surface area contributed by atoms with Crippen LogP contribution in [0.25, 0.3) is 0 Å². The second-order valence-corrected chi connectivity index (χ2v) is 8.64. The van der Waals surface area contributed by atoms with Gasteiger partial charge in [0.2, 0.25) is 0 Å². The number of hydrogen-bond donors (Lipinski definition) is 4. The number of carbonyl (C=O) groups excluding carboxylic acids is 1. The summed E-state index contributed by atoms with van der Waals surface area (Å²) in [6.07, 6.45) is 0.637. The van der Waals surface area contributed by atoms with E-state index in [-0.39, 0.29) is 23.0 Å². The maximum absolute atomic E-state index is 14.7.